The molecule has 0 amide bonds. The first-order chi connectivity index (χ1) is 15.5. The third kappa shape index (κ3) is 3.54. The van der Waals surface area contributed by atoms with Crippen LogP contribution in [-0.2, 0) is 20.0 Å². The number of hydrogen-bond acceptors (Lipinski definition) is 4. The fourth-order valence-corrected chi connectivity index (χ4v) is 5.47. The van der Waals surface area contributed by atoms with Crippen LogP contribution in [-0.4, -0.2) is 50.7 Å². The number of pyridine rings is 1. The lowest BCUT2D eigenvalue weighted by Crippen LogP contribution is -2.57. The zero-order chi connectivity index (χ0) is 22.4. The van der Waals surface area contributed by atoms with Crippen molar-refractivity contribution in [2.24, 2.45) is 7.05 Å². The van der Waals surface area contributed by atoms with Gasteiger partial charge in [0.05, 0.1) is 12.2 Å². The average Bonchev–Trinajstić information content (AvgIpc) is 3.04. The van der Waals surface area contributed by atoms with E-state index in [0.717, 1.165) is 36.4 Å². The second-order valence-corrected chi connectivity index (χ2v) is 9.63. The van der Waals surface area contributed by atoms with Gasteiger partial charge < -0.3 is 4.90 Å². The molecule has 1 aromatic carbocycles. The molecule has 0 radical (unpaired) electrons. The van der Waals surface area contributed by atoms with E-state index in [9.17, 15) is 4.79 Å². The van der Waals surface area contributed by atoms with Crippen molar-refractivity contribution in [3.05, 3.63) is 57.6 Å². The number of aryl methyl sites for hydroxylation is 3. The van der Waals surface area contributed by atoms with Crippen LogP contribution in [0.2, 0.25) is 0 Å². The number of benzene rings is 1. The van der Waals surface area contributed by atoms with Gasteiger partial charge in [-0.1, -0.05) is 31.2 Å². The van der Waals surface area contributed by atoms with E-state index in [1.165, 1.54) is 42.6 Å². The van der Waals surface area contributed by atoms with Gasteiger partial charge in [-0.3, -0.25) is 14.0 Å². The molecule has 0 bridgehead atoms. The van der Waals surface area contributed by atoms with E-state index in [2.05, 4.69) is 60.9 Å². The number of rotatable bonds is 5. The summed E-state index contributed by atoms with van der Waals surface area (Å²) < 4.78 is 3.67. The van der Waals surface area contributed by atoms with Gasteiger partial charge in [0.2, 0.25) is 0 Å². The molecule has 2 aliphatic heterocycles. The first-order valence-corrected chi connectivity index (χ1v) is 12.1. The lowest BCUT2D eigenvalue weighted by atomic mass is 9.95. The Kier molecular flexibility index (Phi) is 5.58. The predicted octanol–water partition coefficient (Wildman–Crippen LogP) is 3.72. The summed E-state index contributed by atoms with van der Waals surface area (Å²) in [5.41, 5.74) is 6.41. The van der Waals surface area contributed by atoms with Crippen molar-refractivity contribution >= 4 is 16.9 Å². The maximum Gasteiger partial charge on any atom is 0.330 e. The molecule has 170 valence electrons. The Morgan fingerprint density at radius 3 is 2.66 bits per heavy atom. The highest BCUT2D eigenvalue weighted by molar-refractivity contribution is 5.87. The number of imidazole rings is 1. The second kappa shape index (κ2) is 8.39. The van der Waals surface area contributed by atoms with Crippen LogP contribution in [0.4, 0.5) is 5.69 Å². The van der Waals surface area contributed by atoms with E-state index in [1.54, 1.807) is 4.57 Å². The Balaban J connectivity index is 1.62. The minimum atomic E-state index is 0.00943. The number of anilines is 1. The molecule has 2 atom stereocenters. The van der Waals surface area contributed by atoms with Crippen molar-refractivity contribution in [2.75, 3.05) is 24.5 Å². The molecule has 4 heterocycles. The summed E-state index contributed by atoms with van der Waals surface area (Å²) >= 11 is 0. The topological polar surface area (TPSA) is 46.3 Å². The van der Waals surface area contributed by atoms with Gasteiger partial charge in [-0.15, -0.1) is 0 Å². The fraction of sp³-hybridized carbons (Fsp3) is 0.538. The van der Waals surface area contributed by atoms with Crippen LogP contribution in [0.5, 0.6) is 0 Å². The molecule has 2 fully saturated rings. The standard InChI is InChI=1S/C26H35N5O/c1-5-21-15-23(29-13-8-11-22(17-29)30-14-12-19(30)3)24-25(27-21)28(4)26(32)31(24)16-20-10-7-6-9-18(20)2/h6-7,9-10,15,19,22H,5,8,11-14,16-17H2,1-4H3. The smallest absolute Gasteiger partial charge is 0.330 e. The van der Waals surface area contributed by atoms with Gasteiger partial charge in [0.1, 0.15) is 5.52 Å². The molecular weight excluding hydrogens is 398 g/mol. The molecule has 3 aromatic rings. The Morgan fingerprint density at radius 1 is 1.16 bits per heavy atom. The largest absolute Gasteiger partial charge is 0.368 e. The molecule has 0 N–H and O–H groups in total. The molecule has 0 saturated carbocycles. The Hall–Kier alpha value is -2.60. The molecule has 0 spiro atoms. The molecule has 5 rings (SSSR count). The third-order valence-corrected chi connectivity index (χ3v) is 7.64. The van der Waals surface area contributed by atoms with E-state index in [0.29, 0.717) is 18.6 Å². The van der Waals surface area contributed by atoms with E-state index in [-0.39, 0.29) is 5.69 Å². The normalized spacial score (nSPS) is 21.8. The first kappa shape index (κ1) is 21.3. The van der Waals surface area contributed by atoms with Crippen LogP contribution >= 0.6 is 0 Å². The SMILES string of the molecule is CCc1cc(N2CCCC(N3CCC3C)C2)c2c(n1)n(C)c(=O)n2Cc1ccccc1C. The minimum absolute atomic E-state index is 0.00943. The van der Waals surface area contributed by atoms with Crippen molar-refractivity contribution in [3.63, 3.8) is 0 Å². The highest BCUT2D eigenvalue weighted by Gasteiger charge is 2.34. The molecule has 6 heteroatoms. The molecule has 2 aromatic heterocycles. The monoisotopic (exact) mass is 433 g/mol. The molecule has 0 aliphatic carbocycles. The van der Waals surface area contributed by atoms with Crippen molar-refractivity contribution in [3.8, 4) is 0 Å². The highest BCUT2D eigenvalue weighted by atomic mass is 16.1. The maximum atomic E-state index is 13.4. The minimum Gasteiger partial charge on any atom is -0.368 e. The molecular formula is C26H35N5O. The zero-order valence-corrected chi connectivity index (χ0v) is 19.8. The van der Waals surface area contributed by atoms with Crippen LogP contribution in [0.3, 0.4) is 0 Å². The van der Waals surface area contributed by atoms with Gasteiger partial charge in [0.15, 0.2) is 5.65 Å². The summed E-state index contributed by atoms with van der Waals surface area (Å²) in [6.07, 6.45) is 4.62. The van der Waals surface area contributed by atoms with E-state index in [4.69, 9.17) is 4.98 Å². The van der Waals surface area contributed by atoms with Crippen LogP contribution in [0.1, 0.15) is 49.9 Å². The molecule has 2 aliphatic rings. The number of nitrogens with zero attached hydrogens (tertiary/aromatic N) is 5. The maximum absolute atomic E-state index is 13.4. The number of piperidine rings is 1. The summed E-state index contributed by atoms with van der Waals surface area (Å²) in [5.74, 6) is 0. The van der Waals surface area contributed by atoms with Gasteiger partial charge in [-0.25, -0.2) is 9.78 Å². The van der Waals surface area contributed by atoms with E-state index < -0.39 is 0 Å². The van der Waals surface area contributed by atoms with Gasteiger partial charge in [0, 0.05) is 44.5 Å². The predicted molar refractivity (Wildman–Crippen MR) is 131 cm³/mol. The zero-order valence-electron chi connectivity index (χ0n) is 19.8. The van der Waals surface area contributed by atoms with Crippen molar-refractivity contribution in [1.29, 1.82) is 0 Å². The number of hydrogen-bond donors (Lipinski definition) is 0. The van der Waals surface area contributed by atoms with E-state index >= 15 is 0 Å². The average molecular weight is 434 g/mol. The van der Waals surface area contributed by atoms with Crippen LogP contribution in [0, 0.1) is 6.92 Å². The lowest BCUT2D eigenvalue weighted by molar-refractivity contribution is 0.0453. The summed E-state index contributed by atoms with van der Waals surface area (Å²) in [4.78, 5) is 23.4. The van der Waals surface area contributed by atoms with E-state index in [1.807, 2.05) is 11.6 Å². The quantitative estimate of drug-likeness (QED) is 0.615. The summed E-state index contributed by atoms with van der Waals surface area (Å²) in [5, 5.41) is 0. The molecule has 6 nitrogen and oxygen atoms in total. The highest BCUT2D eigenvalue weighted by Crippen LogP contribution is 2.32. The van der Waals surface area contributed by atoms with Crippen molar-refractivity contribution < 1.29 is 0 Å². The summed E-state index contributed by atoms with van der Waals surface area (Å²) in [6.45, 7) is 10.5. The van der Waals surface area contributed by atoms with Gasteiger partial charge in [-0.05, 0) is 56.7 Å². The van der Waals surface area contributed by atoms with Gasteiger partial charge >= 0.3 is 5.69 Å². The fourth-order valence-electron chi connectivity index (χ4n) is 5.47. The molecule has 32 heavy (non-hydrogen) atoms. The van der Waals surface area contributed by atoms with Gasteiger partial charge in [-0.2, -0.15) is 0 Å². The van der Waals surface area contributed by atoms with Gasteiger partial charge in [0.25, 0.3) is 0 Å². The van der Waals surface area contributed by atoms with Crippen molar-refractivity contribution in [2.45, 2.75) is 65.1 Å². The number of aromatic nitrogens is 3. The first-order valence-electron chi connectivity index (χ1n) is 12.1. The Morgan fingerprint density at radius 2 is 1.97 bits per heavy atom. The number of fused-ring (bicyclic) bond motifs is 1. The van der Waals surface area contributed by atoms with Crippen LogP contribution in [0.15, 0.2) is 35.1 Å². The Bertz CT molecular complexity index is 1190. The molecule has 2 saturated heterocycles. The third-order valence-electron chi connectivity index (χ3n) is 7.64. The molecule has 2 unspecified atom stereocenters. The Labute approximate surface area is 190 Å². The second-order valence-electron chi connectivity index (χ2n) is 9.63. The summed E-state index contributed by atoms with van der Waals surface area (Å²) in [7, 11) is 1.86. The summed E-state index contributed by atoms with van der Waals surface area (Å²) in [6, 6.07) is 11.9. The van der Waals surface area contributed by atoms with Crippen molar-refractivity contribution in [1.82, 2.24) is 19.0 Å². The van der Waals surface area contributed by atoms with Crippen LogP contribution in [0.25, 0.3) is 11.2 Å². The van der Waals surface area contributed by atoms with Crippen LogP contribution < -0.4 is 10.6 Å². The number of likely N-dealkylation sites (tertiary alicyclic amines) is 1. The lowest BCUT2D eigenvalue weighted by Gasteiger charge is -2.48.